The lowest BCUT2D eigenvalue weighted by Crippen LogP contribution is -2.15. The average molecular weight is 381 g/mol. The van der Waals surface area contributed by atoms with Gasteiger partial charge in [0.15, 0.2) is 11.0 Å². The van der Waals surface area contributed by atoms with Gasteiger partial charge < -0.3 is 4.57 Å². The van der Waals surface area contributed by atoms with Crippen molar-refractivity contribution in [2.75, 3.05) is 0 Å². The van der Waals surface area contributed by atoms with Crippen molar-refractivity contribution in [1.82, 2.24) is 24.1 Å². The maximum Gasteiger partial charge on any atom is 0.258 e. The predicted octanol–water partition coefficient (Wildman–Crippen LogP) is 3.23. The largest absolute Gasteiger partial charge is 0.305 e. The lowest BCUT2D eigenvalue weighted by atomic mass is 10.2. The molecule has 27 heavy (non-hydrogen) atoms. The Labute approximate surface area is 158 Å². The zero-order valence-electron chi connectivity index (χ0n) is 14.8. The maximum absolute atomic E-state index is 13.1. The van der Waals surface area contributed by atoms with E-state index in [1.165, 1.54) is 30.0 Å². The molecular formula is C19H16FN5OS. The molecular weight excluding hydrogens is 365 g/mol. The van der Waals surface area contributed by atoms with Gasteiger partial charge in [-0.25, -0.2) is 9.37 Å². The Hall–Kier alpha value is -3.00. The molecule has 0 bridgehead atoms. The second kappa shape index (κ2) is 6.96. The van der Waals surface area contributed by atoms with Crippen LogP contribution in [0.2, 0.25) is 0 Å². The fraction of sp³-hybridized carbons (Fsp3) is 0.158. The highest BCUT2D eigenvalue weighted by molar-refractivity contribution is 7.98. The number of hydrogen-bond acceptors (Lipinski definition) is 5. The summed E-state index contributed by atoms with van der Waals surface area (Å²) in [6.07, 6.45) is 1.71. The third-order valence-corrected chi connectivity index (χ3v) is 5.28. The number of nitrogens with zero attached hydrogens (tertiary/aromatic N) is 5. The van der Waals surface area contributed by atoms with Crippen LogP contribution in [-0.4, -0.2) is 24.1 Å². The van der Waals surface area contributed by atoms with E-state index in [4.69, 9.17) is 0 Å². The van der Waals surface area contributed by atoms with Gasteiger partial charge in [0.2, 0.25) is 0 Å². The molecule has 0 N–H and O–H groups in total. The van der Waals surface area contributed by atoms with Crippen LogP contribution in [0.5, 0.6) is 0 Å². The summed E-state index contributed by atoms with van der Waals surface area (Å²) in [5, 5.41) is 9.09. The van der Waals surface area contributed by atoms with Crippen LogP contribution in [0.15, 0.2) is 58.6 Å². The first kappa shape index (κ1) is 17.4. The first-order valence-electron chi connectivity index (χ1n) is 8.29. The van der Waals surface area contributed by atoms with Crippen molar-refractivity contribution in [3.05, 3.63) is 76.1 Å². The number of pyridine rings is 1. The summed E-state index contributed by atoms with van der Waals surface area (Å²) in [4.78, 5) is 16.9. The molecule has 3 heterocycles. The van der Waals surface area contributed by atoms with Crippen molar-refractivity contribution < 1.29 is 4.39 Å². The predicted molar refractivity (Wildman–Crippen MR) is 102 cm³/mol. The number of hydrogen-bond donors (Lipinski definition) is 0. The van der Waals surface area contributed by atoms with Crippen LogP contribution in [0.25, 0.3) is 17.0 Å². The zero-order chi connectivity index (χ0) is 19.0. The third-order valence-electron chi connectivity index (χ3n) is 4.23. The lowest BCUT2D eigenvalue weighted by molar-refractivity contribution is 0.628. The number of fused-ring (bicyclic) bond motifs is 1. The number of thioether (sulfide) groups is 1. The van der Waals surface area contributed by atoms with E-state index in [2.05, 4.69) is 15.2 Å². The number of aryl methyl sites for hydroxylation is 1. The molecule has 0 aliphatic rings. The second-order valence-electron chi connectivity index (χ2n) is 6.13. The van der Waals surface area contributed by atoms with Gasteiger partial charge in [0.05, 0.1) is 5.69 Å². The van der Waals surface area contributed by atoms with E-state index < -0.39 is 0 Å². The molecule has 0 spiro atoms. The van der Waals surface area contributed by atoms with Crippen LogP contribution in [0, 0.1) is 12.7 Å². The van der Waals surface area contributed by atoms with Crippen molar-refractivity contribution in [1.29, 1.82) is 0 Å². The van der Waals surface area contributed by atoms with Gasteiger partial charge in [-0.2, -0.15) is 0 Å². The molecule has 0 saturated heterocycles. The van der Waals surface area contributed by atoms with Crippen LogP contribution >= 0.6 is 11.8 Å². The van der Waals surface area contributed by atoms with E-state index >= 15 is 0 Å². The van der Waals surface area contributed by atoms with E-state index in [1.807, 2.05) is 30.7 Å². The van der Waals surface area contributed by atoms with Gasteiger partial charge in [-0.1, -0.05) is 17.8 Å². The van der Waals surface area contributed by atoms with Crippen LogP contribution in [0.1, 0.15) is 11.3 Å². The summed E-state index contributed by atoms with van der Waals surface area (Å²) >= 11 is 1.45. The van der Waals surface area contributed by atoms with E-state index in [0.29, 0.717) is 28.1 Å². The Balaban J connectivity index is 1.59. The number of aromatic nitrogens is 5. The van der Waals surface area contributed by atoms with Crippen molar-refractivity contribution in [2.45, 2.75) is 17.8 Å². The molecule has 0 atom stereocenters. The molecule has 0 unspecified atom stereocenters. The molecule has 0 aliphatic carbocycles. The van der Waals surface area contributed by atoms with Crippen molar-refractivity contribution in [3.8, 4) is 11.4 Å². The van der Waals surface area contributed by atoms with Crippen LogP contribution in [0.3, 0.4) is 0 Å². The number of benzene rings is 1. The van der Waals surface area contributed by atoms with Gasteiger partial charge in [0.1, 0.15) is 11.5 Å². The van der Waals surface area contributed by atoms with E-state index in [0.717, 1.165) is 11.1 Å². The summed E-state index contributed by atoms with van der Waals surface area (Å²) in [7, 11) is 1.86. The van der Waals surface area contributed by atoms with Gasteiger partial charge in [0, 0.05) is 30.6 Å². The average Bonchev–Trinajstić information content (AvgIpc) is 3.02. The molecule has 0 saturated carbocycles. The second-order valence-corrected chi connectivity index (χ2v) is 7.07. The van der Waals surface area contributed by atoms with Crippen molar-refractivity contribution in [3.63, 3.8) is 0 Å². The first-order chi connectivity index (χ1) is 13.0. The minimum absolute atomic E-state index is 0.107. The zero-order valence-corrected chi connectivity index (χ0v) is 15.6. The van der Waals surface area contributed by atoms with Gasteiger partial charge >= 0.3 is 0 Å². The monoisotopic (exact) mass is 381 g/mol. The first-order valence-corrected chi connectivity index (χ1v) is 9.27. The third kappa shape index (κ3) is 3.35. The Bertz CT molecular complexity index is 1180. The molecule has 4 rings (SSSR count). The van der Waals surface area contributed by atoms with Crippen LogP contribution in [0.4, 0.5) is 4.39 Å². The molecule has 1 aromatic carbocycles. The summed E-state index contributed by atoms with van der Waals surface area (Å²) in [6, 6.07) is 11.4. The SMILES string of the molecule is Cc1cccn2c(=O)cc(CSc3nnc(-c4ccc(F)cc4)n3C)nc12. The highest BCUT2D eigenvalue weighted by atomic mass is 32.2. The summed E-state index contributed by atoms with van der Waals surface area (Å²) in [5.41, 5.74) is 2.97. The standard InChI is InChI=1S/C19H16FN5OS/c1-12-4-3-9-25-16(26)10-15(21-17(12)25)11-27-19-23-22-18(24(19)2)13-5-7-14(20)8-6-13/h3-10H,11H2,1-2H3. The summed E-state index contributed by atoms with van der Waals surface area (Å²) in [5.74, 6) is 0.856. The highest BCUT2D eigenvalue weighted by Gasteiger charge is 2.12. The van der Waals surface area contributed by atoms with Gasteiger partial charge in [0.25, 0.3) is 5.56 Å². The van der Waals surface area contributed by atoms with Gasteiger partial charge in [-0.15, -0.1) is 10.2 Å². The Morgan fingerprint density at radius 3 is 2.70 bits per heavy atom. The molecule has 4 aromatic rings. The van der Waals surface area contributed by atoms with E-state index in [-0.39, 0.29) is 11.4 Å². The molecule has 3 aromatic heterocycles. The Morgan fingerprint density at radius 2 is 1.93 bits per heavy atom. The fourth-order valence-corrected chi connectivity index (χ4v) is 3.62. The normalized spacial score (nSPS) is 11.2. The van der Waals surface area contributed by atoms with E-state index in [1.54, 1.807) is 22.7 Å². The Morgan fingerprint density at radius 1 is 1.15 bits per heavy atom. The van der Waals surface area contributed by atoms with Crippen LogP contribution in [-0.2, 0) is 12.8 Å². The topological polar surface area (TPSA) is 65.1 Å². The molecule has 0 amide bonds. The van der Waals surface area contributed by atoms with Crippen molar-refractivity contribution in [2.24, 2.45) is 7.05 Å². The number of rotatable bonds is 4. The fourth-order valence-electron chi connectivity index (χ4n) is 2.81. The summed E-state index contributed by atoms with van der Waals surface area (Å²) in [6.45, 7) is 1.93. The summed E-state index contributed by atoms with van der Waals surface area (Å²) < 4.78 is 16.5. The molecule has 136 valence electrons. The molecule has 0 radical (unpaired) electrons. The molecule has 0 aliphatic heterocycles. The minimum Gasteiger partial charge on any atom is -0.305 e. The molecule has 0 fully saturated rings. The quantitative estimate of drug-likeness (QED) is 0.508. The van der Waals surface area contributed by atoms with E-state index in [9.17, 15) is 9.18 Å². The maximum atomic E-state index is 13.1. The van der Waals surface area contributed by atoms with Gasteiger partial charge in [-0.3, -0.25) is 9.20 Å². The molecule has 6 nitrogen and oxygen atoms in total. The number of halogens is 1. The highest BCUT2D eigenvalue weighted by Crippen LogP contribution is 2.25. The van der Waals surface area contributed by atoms with Crippen LogP contribution < -0.4 is 5.56 Å². The smallest absolute Gasteiger partial charge is 0.258 e. The van der Waals surface area contributed by atoms with Gasteiger partial charge in [-0.05, 0) is 42.8 Å². The molecule has 8 heteroatoms. The Kier molecular flexibility index (Phi) is 4.49. The minimum atomic E-state index is -0.292. The lowest BCUT2D eigenvalue weighted by Gasteiger charge is -2.06. The van der Waals surface area contributed by atoms with Crippen molar-refractivity contribution >= 4 is 17.4 Å².